The average molecular weight is 476 g/mol. The van der Waals surface area contributed by atoms with Crippen molar-refractivity contribution in [1.82, 2.24) is 30.2 Å². The van der Waals surface area contributed by atoms with Gasteiger partial charge in [0.2, 0.25) is 0 Å². The molecule has 7 rings (SSSR count). The van der Waals surface area contributed by atoms with E-state index in [1.54, 1.807) is 11.3 Å². The third-order valence-corrected chi connectivity index (χ3v) is 8.40. The number of aromatic amines is 1. The first-order valence-electron chi connectivity index (χ1n) is 12.3. The molecule has 6 heterocycles. The number of rotatable bonds is 4. The van der Waals surface area contributed by atoms with E-state index in [0.29, 0.717) is 6.04 Å². The van der Waals surface area contributed by atoms with Crippen LogP contribution in [0, 0.1) is 5.92 Å². The van der Waals surface area contributed by atoms with E-state index in [0.717, 1.165) is 102 Å². The molecular formula is C25H29N7OS. The molecule has 2 N–H and O–H groups in total. The molecule has 9 heteroatoms. The highest BCUT2D eigenvalue weighted by atomic mass is 32.1. The van der Waals surface area contributed by atoms with Crippen molar-refractivity contribution >= 4 is 38.4 Å². The lowest BCUT2D eigenvalue weighted by molar-refractivity contribution is 0.122. The molecule has 0 saturated carbocycles. The van der Waals surface area contributed by atoms with Gasteiger partial charge in [0, 0.05) is 54.9 Å². The molecule has 3 aromatic heterocycles. The summed E-state index contributed by atoms with van der Waals surface area (Å²) in [6, 6.07) is 9.01. The van der Waals surface area contributed by atoms with Crippen molar-refractivity contribution < 1.29 is 4.74 Å². The molecule has 1 aromatic carbocycles. The Kier molecular flexibility index (Phi) is 5.23. The summed E-state index contributed by atoms with van der Waals surface area (Å²) in [6.45, 7) is 7.41. The Morgan fingerprint density at radius 3 is 2.94 bits per heavy atom. The molecule has 0 radical (unpaired) electrons. The van der Waals surface area contributed by atoms with E-state index < -0.39 is 0 Å². The standard InChI is InChI=1S/C25H29N7OS/c1-4-18(17-6-8-27-19(17)5-1)23-29-24(32-9-11-33-12-10-32)22-25(30-23)34-21(28-22)15-31-13-16-3-2-7-26-20(16)14-31/h1,4-6,8,16,20,26-27H,2-3,7,9-15H2. The Bertz CT molecular complexity index is 1310. The van der Waals surface area contributed by atoms with Crippen molar-refractivity contribution in [2.45, 2.75) is 25.4 Å². The molecule has 34 heavy (non-hydrogen) atoms. The second-order valence-corrected chi connectivity index (χ2v) is 10.7. The van der Waals surface area contributed by atoms with Gasteiger partial charge in [0.05, 0.1) is 19.8 Å². The fourth-order valence-electron chi connectivity index (χ4n) is 5.77. The largest absolute Gasteiger partial charge is 0.378 e. The maximum absolute atomic E-state index is 5.62. The van der Waals surface area contributed by atoms with E-state index >= 15 is 0 Å². The van der Waals surface area contributed by atoms with Crippen LogP contribution in [0.4, 0.5) is 5.82 Å². The van der Waals surface area contributed by atoms with Crippen LogP contribution in [0.3, 0.4) is 0 Å². The van der Waals surface area contributed by atoms with E-state index in [1.165, 1.54) is 12.8 Å². The van der Waals surface area contributed by atoms with Gasteiger partial charge in [-0.25, -0.2) is 15.0 Å². The SMILES string of the molecule is c1cc(-c2nc(N3CCOCC3)c3nc(CN4CC5CCCNC5C4)sc3n2)c2cc[nH]c2c1. The van der Waals surface area contributed by atoms with Crippen LogP contribution in [0.2, 0.25) is 0 Å². The summed E-state index contributed by atoms with van der Waals surface area (Å²) in [7, 11) is 0. The number of piperidine rings is 1. The maximum atomic E-state index is 5.62. The quantitative estimate of drug-likeness (QED) is 0.469. The molecule has 0 bridgehead atoms. The normalized spacial score (nSPS) is 23.7. The lowest BCUT2D eigenvalue weighted by atomic mass is 9.94. The number of H-pyrrole nitrogens is 1. The van der Waals surface area contributed by atoms with Crippen molar-refractivity contribution in [3.63, 3.8) is 0 Å². The predicted molar refractivity (Wildman–Crippen MR) is 135 cm³/mol. The van der Waals surface area contributed by atoms with Gasteiger partial charge in [0.1, 0.15) is 15.4 Å². The summed E-state index contributed by atoms with van der Waals surface area (Å²) < 4.78 is 5.62. The first-order chi connectivity index (χ1) is 16.8. The first-order valence-corrected chi connectivity index (χ1v) is 13.2. The molecule has 0 aliphatic carbocycles. The van der Waals surface area contributed by atoms with Crippen LogP contribution in [-0.2, 0) is 11.3 Å². The molecule has 0 amide bonds. The number of aromatic nitrogens is 4. The van der Waals surface area contributed by atoms with E-state index in [-0.39, 0.29) is 0 Å². The predicted octanol–water partition coefficient (Wildman–Crippen LogP) is 3.26. The third-order valence-electron chi connectivity index (χ3n) is 7.46. The lowest BCUT2D eigenvalue weighted by Crippen LogP contribution is -2.40. The highest BCUT2D eigenvalue weighted by Gasteiger charge is 2.34. The number of hydrogen-bond donors (Lipinski definition) is 2. The molecule has 2 unspecified atom stereocenters. The second kappa shape index (κ2) is 8.57. The van der Waals surface area contributed by atoms with Crippen LogP contribution < -0.4 is 10.2 Å². The number of nitrogens with zero attached hydrogens (tertiary/aromatic N) is 5. The van der Waals surface area contributed by atoms with Gasteiger partial charge in [0.25, 0.3) is 0 Å². The van der Waals surface area contributed by atoms with Gasteiger partial charge in [-0.1, -0.05) is 23.5 Å². The molecule has 3 fully saturated rings. The van der Waals surface area contributed by atoms with Crippen molar-refractivity contribution in [3.8, 4) is 11.4 Å². The Balaban J connectivity index is 1.28. The Morgan fingerprint density at radius 2 is 2.03 bits per heavy atom. The number of benzene rings is 1. The zero-order valence-corrected chi connectivity index (χ0v) is 20.0. The van der Waals surface area contributed by atoms with Gasteiger partial charge in [-0.05, 0) is 37.4 Å². The van der Waals surface area contributed by atoms with Crippen LogP contribution >= 0.6 is 11.3 Å². The van der Waals surface area contributed by atoms with Gasteiger partial charge >= 0.3 is 0 Å². The van der Waals surface area contributed by atoms with E-state index in [4.69, 9.17) is 19.7 Å². The minimum absolute atomic E-state index is 0.639. The minimum Gasteiger partial charge on any atom is -0.378 e. The maximum Gasteiger partial charge on any atom is 0.163 e. The van der Waals surface area contributed by atoms with Gasteiger partial charge in [-0.15, -0.1) is 0 Å². The molecule has 0 spiro atoms. The highest BCUT2D eigenvalue weighted by Crippen LogP contribution is 2.35. The Morgan fingerprint density at radius 1 is 1.09 bits per heavy atom. The molecule has 2 atom stereocenters. The van der Waals surface area contributed by atoms with Crippen LogP contribution in [0.5, 0.6) is 0 Å². The smallest absolute Gasteiger partial charge is 0.163 e. The van der Waals surface area contributed by atoms with Crippen molar-refractivity contribution in [2.24, 2.45) is 5.92 Å². The zero-order chi connectivity index (χ0) is 22.5. The van der Waals surface area contributed by atoms with Gasteiger partial charge in [-0.3, -0.25) is 4.90 Å². The van der Waals surface area contributed by atoms with Gasteiger partial charge in [-0.2, -0.15) is 0 Å². The lowest BCUT2D eigenvalue weighted by Gasteiger charge is -2.28. The number of morpholine rings is 1. The first kappa shape index (κ1) is 20.8. The number of hydrogen-bond acceptors (Lipinski definition) is 8. The third kappa shape index (κ3) is 3.67. The fourth-order valence-corrected chi connectivity index (χ4v) is 6.74. The summed E-state index contributed by atoms with van der Waals surface area (Å²) >= 11 is 1.72. The number of likely N-dealkylation sites (tertiary alicyclic amines) is 1. The number of thiazole rings is 1. The molecule has 176 valence electrons. The number of ether oxygens (including phenoxy) is 1. The van der Waals surface area contributed by atoms with Crippen LogP contribution in [0.1, 0.15) is 17.8 Å². The molecule has 8 nitrogen and oxygen atoms in total. The monoisotopic (exact) mass is 475 g/mol. The van der Waals surface area contributed by atoms with E-state index in [1.807, 2.05) is 6.20 Å². The fraction of sp³-hybridized carbons (Fsp3) is 0.480. The van der Waals surface area contributed by atoms with Crippen LogP contribution in [0.25, 0.3) is 32.6 Å². The Hall–Kier alpha value is -2.59. The molecular weight excluding hydrogens is 446 g/mol. The number of anilines is 1. The van der Waals surface area contributed by atoms with Crippen LogP contribution in [0.15, 0.2) is 30.5 Å². The Labute approximate surface area is 202 Å². The van der Waals surface area contributed by atoms with Crippen molar-refractivity contribution in [3.05, 3.63) is 35.5 Å². The molecule has 3 saturated heterocycles. The number of nitrogens with one attached hydrogen (secondary N) is 2. The average Bonchev–Trinajstić information content (AvgIpc) is 3.61. The minimum atomic E-state index is 0.639. The molecule has 3 aliphatic rings. The number of fused-ring (bicyclic) bond motifs is 3. The van der Waals surface area contributed by atoms with Gasteiger partial charge in [0.15, 0.2) is 11.6 Å². The summed E-state index contributed by atoms with van der Waals surface area (Å²) in [5.41, 5.74) is 3.09. The van der Waals surface area contributed by atoms with Crippen LogP contribution in [-0.4, -0.2) is 76.8 Å². The summed E-state index contributed by atoms with van der Waals surface area (Å²) in [5, 5.41) is 5.99. The van der Waals surface area contributed by atoms with Crippen molar-refractivity contribution in [1.29, 1.82) is 0 Å². The summed E-state index contributed by atoms with van der Waals surface area (Å²) in [5.74, 6) is 2.49. The zero-order valence-electron chi connectivity index (χ0n) is 19.2. The van der Waals surface area contributed by atoms with E-state index in [9.17, 15) is 0 Å². The van der Waals surface area contributed by atoms with E-state index in [2.05, 4.69) is 44.4 Å². The molecule has 3 aliphatic heterocycles. The second-order valence-electron chi connectivity index (χ2n) is 9.63. The summed E-state index contributed by atoms with van der Waals surface area (Å²) in [6.07, 6.45) is 4.61. The van der Waals surface area contributed by atoms with Crippen molar-refractivity contribution in [2.75, 3.05) is 50.8 Å². The highest BCUT2D eigenvalue weighted by molar-refractivity contribution is 7.18. The van der Waals surface area contributed by atoms with Gasteiger partial charge < -0.3 is 19.9 Å². The topological polar surface area (TPSA) is 82.2 Å². The summed E-state index contributed by atoms with van der Waals surface area (Å²) in [4.78, 5) is 24.4. The molecule has 4 aromatic rings.